The lowest BCUT2D eigenvalue weighted by molar-refractivity contribution is -0.128. The van der Waals surface area contributed by atoms with Crippen molar-refractivity contribution in [2.75, 3.05) is 0 Å². The normalized spacial score (nSPS) is 49.9. The minimum absolute atomic E-state index is 0.00173. The Morgan fingerprint density at radius 2 is 1.96 bits per heavy atom. The molecular formula is C21H28O3. The van der Waals surface area contributed by atoms with Crippen molar-refractivity contribution >= 4 is 11.6 Å². The van der Waals surface area contributed by atoms with Crippen LogP contribution < -0.4 is 0 Å². The fourth-order valence-corrected chi connectivity index (χ4v) is 6.91. The van der Waals surface area contributed by atoms with Gasteiger partial charge in [0.2, 0.25) is 0 Å². The Bertz CT molecular complexity index is 660. The van der Waals surface area contributed by atoms with E-state index in [1.165, 1.54) is 0 Å². The second kappa shape index (κ2) is 5.14. The van der Waals surface area contributed by atoms with Crippen molar-refractivity contribution in [3.8, 4) is 0 Å². The number of fused-ring (bicyclic) bond motifs is 5. The summed E-state index contributed by atoms with van der Waals surface area (Å²) in [6.07, 6.45) is 9.90. The largest absolute Gasteiger partial charge is 0.389 e. The lowest BCUT2D eigenvalue weighted by atomic mass is 9.47. The van der Waals surface area contributed by atoms with E-state index in [1.807, 2.05) is 6.08 Å². The number of aliphatic hydroxyl groups is 1. The maximum Gasteiger partial charge on any atom is 0.178 e. The topological polar surface area (TPSA) is 54.4 Å². The van der Waals surface area contributed by atoms with E-state index in [9.17, 15) is 14.7 Å². The molecule has 3 saturated carbocycles. The van der Waals surface area contributed by atoms with Gasteiger partial charge in [0, 0.05) is 11.3 Å². The molecule has 3 fully saturated rings. The number of rotatable bonds is 1. The standard InChI is InChI=1S/C21H28O3/c1-12(22)15-4-5-16-14-11-19(24)18-10-13(23)6-8-21(18,3)17(14)7-9-20(15,16)2/h6,8,10,14-17,19,24H,4-5,7,9,11H2,1-3H3/t14-,15+,16-,17-,19?,20+,21+/m0/s1. The Hall–Kier alpha value is -1.22. The van der Waals surface area contributed by atoms with Crippen LogP contribution in [0, 0.1) is 34.5 Å². The Morgan fingerprint density at radius 1 is 1.21 bits per heavy atom. The summed E-state index contributed by atoms with van der Waals surface area (Å²) in [4.78, 5) is 24.0. The van der Waals surface area contributed by atoms with E-state index >= 15 is 0 Å². The van der Waals surface area contributed by atoms with Crippen molar-refractivity contribution in [3.63, 3.8) is 0 Å². The number of ketones is 2. The fraction of sp³-hybridized carbons (Fsp3) is 0.714. The average Bonchev–Trinajstić information content (AvgIpc) is 2.87. The second-order valence-corrected chi connectivity index (χ2v) is 9.03. The van der Waals surface area contributed by atoms with Crippen molar-refractivity contribution in [3.05, 3.63) is 23.8 Å². The van der Waals surface area contributed by atoms with Crippen molar-refractivity contribution in [1.82, 2.24) is 0 Å². The Kier molecular flexibility index (Phi) is 3.48. The molecule has 0 heterocycles. The number of carbonyl (C=O) groups excluding carboxylic acids is 2. The zero-order valence-electron chi connectivity index (χ0n) is 14.9. The third-order valence-electron chi connectivity index (χ3n) is 8.07. The highest BCUT2D eigenvalue weighted by atomic mass is 16.3. The molecule has 0 radical (unpaired) electrons. The van der Waals surface area contributed by atoms with Gasteiger partial charge in [-0.15, -0.1) is 0 Å². The van der Waals surface area contributed by atoms with Gasteiger partial charge >= 0.3 is 0 Å². The van der Waals surface area contributed by atoms with Gasteiger partial charge in [0.1, 0.15) is 5.78 Å². The van der Waals surface area contributed by atoms with Crippen LogP contribution in [0.4, 0.5) is 0 Å². The molecular weight excluding hydrogens is 300 g/mol. The van der Waals surface area contributed by atoms with Crippen LogP contribution in [0.5, 0.6) is 0 Å². The highest BCUT2D eigenvalue weighted by molar-refractivity contribution is 6.01. The van der Waals surface area contributed by atoms with Gasteiger partial charge in [-0.1, -0.05) is 19.9 Å². The molecule has 1 unspecified atom stereocenters. The molecule has 0 bridgehead atoms. The van der Waals surface area contributed by atoms with Crippen LogP contribution in [0.25, 0.3) is 0 Å². The van der Waals surface area contributed by atoms with Crippen molar-refractivity contribution in [2.24, 2.45) is 34.5 Å². The first-order chi connectivity index (χ1) is 11.3. The maximum absolute atomic E-state index is 12.2. The number of carbonyl (C=O) groups is 2. The van der Waals surface area contributed by atoms with Crippen LogP contribution >= 0.6 is 0 Å². The third-order valence-corrected chi connectivity index (χ3v) is 8.07. The van der Waals surface area contributed by atoms with Crippen molar-refractivity contribution in [1.29, 1.82) is 0 Å². The van der Waals surface area contributed by atoms with E-state index in [1.54, 1.807) is 19.1 Å². The first kappa shape index (κ1) is 16.3. The van der Waals surface area contributed by atoms with Crippen LogP contribution in [0.2, 0.25) is 0 Å². The van der Waals surface area contributed by atoms with Crippen molar-refractivity contribution < 1.29 is 14.7 Å². The Morgan fingerprint density at radius 3 is 2.67 bits per heavy atom. The Labute approximate surface area is 144 Å². The molecule has 7 atom stereocenters. The number of hydrogen-bond donors (Lipinski definition) is 1. The van der Waals surface area contributed by atoms with Gasteiger partial charge in [-0.2, -0.15) is 0 Å². The summed E-state index contributed by atoms with van der Waals surface area (Å²) in [6.45, 7) is 6.26. The predicted molar refractivity (Wildman–Crippen MR) is 92.2 cm³/mol. The zero-order valence-corrected chi connectivity index (χ0v) is 14.9. The van der Waals surface area contributed by atoms with E-state index in [0.717, 1.165) is 37.7 Å². The molecule has 0 aromatic heterocycles. The number of allylic oxidation sites excluding steroid dienone is 3. The highest BCUT2D eigenvalue weighted by Gasteiger charge is 2.60. The minimum atomic E-state index is -0.524. The van der Waals surface area contributed by atoms with Crippen molar-refractivity contribution in [2.45, 2.75) is 59.0 Å². The van der Waals surface area contributed by atoms with Gasteiger partial charge in [0.25, 0.3) is 0 Å². The van der Waals surface area contributed by atoms with Crippen LogP contribution in [-0.4, -0.2) is 22.8 Å². The summed E-state index contributed by atoms with van der Waals surface area (Å²) < 4.78 is 0. The van der Waals surface area contributed by atoms with E-state index < -0.39 is 6.10 Å². The van der Waals surface area contributed by atoms with Crippen LogP contribution in [0.1, 0.15) is 52.9 Å². The summed E-state index contributed by atoms with van der Waals surface area (Å²) in [6, 6.07) is 0. The SMILES string of the molecule is CC(=O)[C@H]1CC[C@H]2[C@@H]3CC(O)C4=CC(=O)C=C[C@]4(C)[C@H]3CC[C@]12C. The van der Waals surface area contributed by atoms with Gasteiger partial charge in [-0.05, 0) is 79.9 Å². The van der Waals surface area contributed by atoms with E-state index in [-0.39, 0.29) is 22.5 Å². The predicted octanol–water partition coefficient (Wildman–Crippen LogP) is 3.47. The van der Waals surface area contributed by atoms with Gasteiger partial charge in [-0.25, -0.2) is 0 Å². The fourth-order valence-electron chi connectivity index (χ4n) is 6.91. The average molecular weight is 328 g/mol. The van der Waals surface area contributed by atoms with Gasteiger partial charge in [0.05, 0.1) is 6.10 Å². The molecule has 4 rings (SSSR count). The molecule has 3 nitrogen and oxygen atoms in total. The molecule has 0 spiro atoms. The number of hydrogen-bond acceptors (Lipinski definition) is 3. The molecule has 0 amide bonds. The monoisotopic (exact) mass is 328 g/mol. The van der Waals surface area contributed by atoms with Crippen LogP contribution in [-0.2, 0) is 9.59 Å². The highest BCUT2D eigenvalue weighted by Crippen LogP contribution is 2.65. The molecule has 4 aliphatic rings. The van der Waals surface area contributed by atoms with Crippen LogP contribution in [0.15, 0.2) is 23.8 Å². The number of aliphatic hydroxyl groups excluding tert-OH is 1. The lowest BCUT2D eigenvalue weighted by Crippen LogP contribution is -2.53. The zero-order chi connectivity index (χ0) is 17.3. The molecule has 3 heteroatoms. The van der Waals surface area contributed by atoms with E-state index in [0.29, 0.717) is 23.5 Å². The molecule has 24 heavy (non-hydrogen) atoms. The molecule has 4 aliphatic carbocycles. The molecule has 1 N–H and O–H groups in total. The van der Waals surface area contributed by atoms with Gasteiger partial charge in [-0.3, -0.25) is 9.59 Å². The van der Waals surface area contributed by atoms with Crippen LogP contribution in [0.3, 0.4) is 0 Å². The Balaban J connectivity index is 1.72. The maximum atomic E-state index is 12.2. The molecule has 130 valence electrons. The molecule has 0 aromatic carbocycles. The second-order valence-electron chi connectivity index (χ2n) is 9.03. The van der Waals surface area contributed by atoms with E-state index in [2.05, 4.69) is 13.8 Å². The first-order valence-corrected chi connectivity index (χ1v) is 9.41. The summed E-state index contributed by atoms with van der Waals surface area (Å²) in [7, 11) is 0. The summed E-state index contributed by atoms with van der Waals surface area (Å²) >= 11 is 0. The minimum Gasteiger partial charge on any atom is -0.389 e. The first-order valence-electron chi connectivity index (χ1n) is 9.41. The van der Waals surface area contributed by atoms with Gasteiger partial charge < -0.3 is 5.11 Å². The number of Topliss-reactive ketones (excluding diaryl/α,β-unsaturated/α-hetero) is 1. The quantitative estimate of drug-likeness (QED) is 0.802. The smallest absolute Gasteiger partial charge is 0.178 e. The lowest BCUT2D eigenvalue weighted by Gasteiger charge is -2.57. The third kappa shape index (κ3) is 2.00. The summed E-state index contributed by atoms with van der Waals surface area (Å²) in [5.74, 6) is 1.96. The molecule has 0 aliphatic heterocycles. The van der Waals surface area contributed by atoms with Gasteiger partial charge in [0.15, 0.2) is 5.78 Å². The summed E-state index contributed by atoms with van der Waals surface area (Å²) in [5.41, 5.74) is 0.811. The molecule has 0 aromatic rings. The van der Waals surface area contributed by atoms with E-state index in [4.69, 9.17) is 0 Å². The molecule has 0 saturated heterocycles. The summed E-state index contributed by atoms with van der Waals surface area (Å²) in [5, 5.41) is 10.8.